The van der Waals surface area contributed by atoms with E-state index in [1.54, 1.807) is 11.3 Å². The molecule has 1 aliphatic rings. The first-order valence-electron chi connectivity index (χ1n) is 7.32. The van der Waals surface area contributed by atoms with Crippen LogP contribution in [0.1, 0.15) is 12.8 Å². The molecule has 2 heterocycles. The van der Waals surface area contributed by atoms with Crippen molar-refractivity contribution in [2.24, 2.45) is 11.1 Å². The van der Waals surface area contributed by atoms with Crippen LogP contribution in [0.3, 0.4) is 0 Å². The number of aromatic nitrogens is 1. The zero-order chi connectivity index (χ0) is 15.4. The summed E-state index contributed by atoms with van der Waals surface area (Å²) in [6.07, 6.45) is 3.17. The van der Waals surface area contributed by atoms with Crippen molar-refractivity contribution in [3.8, 4) is 10.4 Å². The zero-order valence-corrected chi connectivity index (χ0v) is 13.1. The summed E-state index contributed by atoms with van der Waals surface area (Å²) < 4.78 is 5.34. The van der Waals surface area contributed by atoms with Gasteiger partial charge in [0.15, 0.2) is 5.13 Å². The number of thiazole rings is 1. The Balaban J connectivity index is 1.69. The number of hydrogen-bond donors (Lipinski definition) is 2. The van der Waals surface area contributed by atoms with Gasteiger partial charge in [-0.05, 0) is 18.4 Å². The third kappa shape index (κ3) is 3.13. The standard InChI is InChI=1S/C16H19N3O2S/c17-14(20)16(6-8-21-9-7-16)11-19-15-18-10-13(22-15)12-4-2-1-3-5-12/h1-5,10H,6-9,11H2,(H2,17,20)(H,18,19). The topological polar surface area (TPSA) is 77.2 Å². The number of primary amides is 1. The molecule has 3 N–H and O–H groups in total. The molecule has 0 saturated carbocycles. The van der Waals surface area contributed by atoms with E-state index in [0.717, 1.165) is 15.6 Å². The van der Waals surface area contributed by atoms with Crippen LogP contribution in [0.4, 0.5) is 5.13 Å². The lowest BCUT2D eigenvalue weighted by Gasteiger charge is -2.34. The molecule has 0 aliphatic carbocycles. The van der Waals surface area contributed by atoms with E-state index in [9.17, 15) is 4.79 Å². The van der Waals surface area contributed by atoms with Crippen LogP contribution in [0.2, 0.25) is 0 Å². The summed E-state index contributed by atoms with van der Waals surface area (Å²) in [6.45, 7) is 1.67. The third-order valence-corrected chi connectivity index (χ3v) is 5.12. The molecule has 6 heteroatoms. The van der Waals surface area contributed by atoms with E-state index in [1.807, 2.05) is 24.4 Å². The number of carbonyl (C=O) groups is 1. The number of amides is 1. The van der Waals surface area contributed by atoms with Crippen LogP contribution in [0, 0.1) is 5.41 Å². The van der Waals surface area contributed by atoms with E-state index >= 15 is 0 Å². The van der Waals surface area contributed by atoms with Crippen molar-refractivity contribution in [3.05, 3.63) is 36.5 Å². The molecule has 0 spiro atoms. The molecule has 1 amide bonds. The largest absolute Gasteiger partial charge is 0.381 e. The van der Waals surface area contributed by atoms with Gasteiger partial charge in [-0.1, -0.05) is 41.7 Å². The molecule has 2 aromatic rings. The Hall–Kier alpha value is -1.92. The molecule has 1 aromatic carbocycles. The molecule has 0 radical (unpaired) electrons. The van der Waals surface area contributed by atoms with Gasteiger partial charge in [0.2, 0.25) is 5.91 Å². The number of anilines is 1. The molecule has 1 fully saturated rings. The van der Waals surface area contributed by atoms with Crippen molar-refractivity contribution < 1.29 is 9.53 Å². The Morgan fingerprint density at radius 2 is 2.05 bits per heavy atom. The van der Waals surface area contributed by atoms with Gasteiger partial charge in [0, 0.05) is 26.0 Å². The van der Waals surface area contributed by atoms with E-state index in [2.05, 4.69) is 22.4 Å². The maximum atomic E-state index is 11.8. The number of carbonyl (C=O) groups excluding carboxylic acids is 1. The molecular weight excluding hydrogens is 298 g/mol. The maximum Gasteiger partial charge on any atom is 0.225 e. The highest BCUT2D eigenvalue weighted by atomic mass is 32.1. The molecule has 1 saturated heterocycles. The van der Waals surface area contributed by atoms with Crippen molar-refractivity contribution in [1.29, 1.82) is 0 Å². The lowest BCUT2D eigenvalue weighted by atomic mass is 9.79. The monoisotopic (exact) mass is 317 g/mol. The van der Waals surface area contributed by atoms with Crippen molar-refractivity contribution in [2.45, 2.75) is 12.8 Å². The number of rotatable bonds is 5. The molecule has 0 bridgehead atoms. The second-order valence-electron chi connectivity index (χ2n) is 5.51. The summed E-state index contributed by atoms with van der Waals surface area (Å²) in [4.78, 5) is 17.3. The molecule has 0 unspecified atom stereocenters. The zero-order valence-electron chi connectivity index (χ0n) is 12.2. The first kappa shape index (κ1) is 15.0. The van der Waals surface area contributed by atoms with Crippen LogP contribution < -0.4 is 11.1 Å². The molecular formula is C16H19N3O2S. The highest BCUT2D eigenvalue weighted by molar-refractivity contribution is 7.18. The van der Waals surface area contributed by atoms with Crippen molar-refractivity contribution in [3.63, 3.8) is 0 Å². The van der Waals surface area contributed by atoms with E-state index < -0.39 is 5.41 Å². The van der Waals surface area contributed by atoms with Crippen LogP contribution in [-0.2, 0) is 9.53 Å². The lowest BCUT2D eigenvalue weighted by Crippen LogP contribution is -2.46. The fourth-order valence-electron chi connectivity index (χ4n) is 2.61. The van der Waals surface area contributed by atoms with Gasteiger partial charge in [0.25, 0.3) is 0 Å². The fourth-order valence-corrected chi connectivity index (χ4v) is 3.43. The van der Waals surface area contributed by atoms with E-state index in [4.69, 9.17) is 10.5 Å². The molecule has 116 valence electrons. The van der Waals surface area contributed by atoms with Crippen molar-refractivity contribution in [2.75, 3.05) is 25.1 Å². The molecule has 5 nitrogen and oxygen atoms in total. The highest BCUT2D eigenvalue weighted by Crippen LogP contribution is 2.33. The summed E-state index contributed by atoms with van der Waals surface area (Å²) in [5.74, 6) is -0.261. The Kier molecular flexibility index (Phi) is 4.40. The number of benzene rings is 1. The van der Waals surface area contributed by atoms with Crippen molar-refractivity contribution in [1.82, 2.24) is 4.98 Å². The first-order chi connectivity index (χ1) is 10.7. The summed E-state index contributed by atoms with van der Waals surface area (Å²) in [5, 5.41) is 4.09. The van der Waals surface area contributed by atoms with Crippen LogP contribution in [0.15, 0.2) is 36.5 Å². The minimum Gasteiger partial charge on any atom is -0.381 e. The van der Waals surface area contributed by atoms with Crippen molar-refractivity contribution >= 4 is 22.4 Å². The van der Waals surface area contributed by atoms with Gasteiger partial charge in [-0.15, -0.1) is 0 Å². The summed E-state index contributed by atoms with van der Waals surface area (Å²) in [7, 11) is 0. The highest BCUT2D eigenvalue weighted by Gasteiger charge is 2.38. The first-order valence-corrected chi connectivity index (χ1v) is 8.14. The lowest BCUT2D eigenvalue weighted by molar-refractivity contribution is -0.132. The number of nitrogens with zero attached hydrogens (tertiary/aromatic N) is 1. The van der Waals surface area contributed by atoms with Crippen LogP contribution in [0.5, 0.6) is 0 Å². The van der Waals surface area contributed by atoms with Gasteiger partial charge in [-0.3, -0.25) is 4.79 Å². The quantitative estimate of drug-likeness (QED) is 0.888. The Bertz CT molecular complexity index is 636. The minimum atomic E-state index is -0.531. The number of ether oxygens (including phenoxy) is 1. The van der Waals surface area contributed by atoms with E-state index in [-0.39, 0.29) is 5.91 Å². The Morgan fingerprint density at radius 3 is 2.73 bits per heavy atom. The van der Waals surface area contributed by atoms with Crippen LogP contribution in [-0.4, -0.2) is 30.6 Å². The van der Waals surface area contributed by atoms with Gasteiger partial charge in [0.05, 0.1) is 10.3 Å². The number of nitrogens with two attached hydrogens (primary N) is 1. The number of hydrogen-bond acceptors (Lipinski definition) is 5. The van der Waals surface area contributed by atoms with E-state index in [0.29, 0.717) is 32.6 Å². The Labute approximate surface area is 133 Å². The van der Waals surface area contributed by atoms with E-state index in [1.165, 1.54) is 0 Å². The van der Waals surface area contributed by atoms with Gasteiger partial charge in [-0.2, -0.15) is 0 Å². The van der Waals surface area contributed by atoms with Crippen LogP contribution in [0.25, 0.3) is 10.4 Å². The average Bonchev–Trinajstić information content (AvgIpc) is 3.03. The number of nitrogens with one attached hydrogen (secondary N) is 1. The van der Waals surface area contributed by atoms with Gasteiger partial charge >= 0.3 is 0 Å². The second-order valence-corrected chi connectivity index (χ2v) is 6.54. The normalized spacial score (nSPS) is 17.1. The predicted molar refractivity (Wildman–Crippen MR) is 87.7 cm³/mol. The van der Waals surface area contributed by atoms with Gasteiger partial charge in [-0.25, -0.2) is 4.98 Å². The molecule has 22 heavy (non-hydrogen) atoms. The molecule has 1 aromatic heterocycles. The SMILES string of the molecule is NC(=O)C1(CNc2ncc(-c3ccccc3)s2)CCOCC1. The predicted octanol–water partition coefficient (Wildman–Crippen LogP) is 2.50. The summed E-state index contributed by atoms with van der Waals surface area (Å²) >= 11 is 1.58. The average molecular weight is 317 g/mol. The molecule has 3 rings (SSSR count). The fraction of sp³-hybridized carbons (Fsp3) is 0.375. The van der Waals surface area contributed by atoms with Gasteiger partial charge in [0.1, 0.15) is 0 Å². The Morgan fingerprint density at radius 1 is 1.32 bits per heavy atom. The van der Waals surface area contributed by atoms with Crippen LogP contribution >= 0.6 is 11.3 Å². The summed E-state index contributed by atoms with van der Waals surface area (Å²) in [6, 6.07) is 10.1. The second kappa shape index (κ2) is 6.46. The smallest absolute Gasteiger partial charge is 0.225 e. The maximum absolute atomic E-state index is 11.8. The summed E-state index contributed by atoms with van der Waals surface area (Å²) in [5.41, 5.74) is 6.22. The van der Waals surface area contributed by atoms with Gasteiger partial charge < -0.3 is 15.8 Å². The minimum absolute atomic E-state index is 0.261. The molecule has 1 aliphatic heterocycles. The third-order valence-electron chi connectivity index (χ3n) is 4.11. The molecule has 0 atom stereocenters.